The van der Waals surface area contributed by atoms with E-state index in [-0.39, 0.29) is 16.6 Å². The quantitative estimate of drug-likeness (QED) is 0.768. The minimum Gasteiger partial charge on any atom is -0.315 e. The molecule has 1 aliphatic rings. The van der Waals surface area contributed by atoms with Crippen LogP contribution in [-0.4, -0.2) is 52.6 Å². The summed E-state index contributed by atoms with van der Waals surface area (Å²) < 4.78 is 66.3. The largest absolute Gasteiger partial charge is 0.315 e. The summed E-state index contributed by atoms with van der Waals surface area (Å²) in [5.74, 6) is -0.932. The average molecular weight is 379 g/mol. The molecule has 10 heteroatoms. The van der Waals surface area contributed by atoms with Gasteiger partial charge in [-0.3, -0.25) is 4.72 Å². The summed E-state index contributed by atoms with van der Waals surface area (Å²) in [7, 11) is -6.10. The Morgan fingerprint density at radius 1 is 1.29 bits per heavy atom. The van der Waals surface area contributed by atoms with Crippen molar-refractivity contribution in [3.05, 3.63) is 24.0 Å². The smallest absolute Gasteiger partial charge is 0.243 e. The molecule has 0 saturated carbocycles. The summed E-state index contributed by atoms with van der Waals surface area (Å²) in [6.45, 7) is 4.20. The first-order valence-corrected chi connectivity index (χ1v) is 10.5. The summed E-state index contributed by atoms with van der Waals surface area (Å²) in [4.78, 5) is -0.207. The van der Waals surface area contributed by atoms with Gasteiger partial charge in [0, 0.05) is 19.6 Å². The van der Waals surface area contributed by atoms with Gasteiger partial charge in [-0.05, 0) is 45.0 Å². The molecule has 1 aromatic carbocycles. The molecule has 1 aromatic rings. The highest BCUT2D eigenvalue weighted by molar-refractivity contribution is 7.93. The van der Waals surface area contributed by atoms with E-state index in [9.17, 15) is 21.2 Å². The lowest BCUT2D eigenvalue weighted by Gasteiger charge is -2.23. The SMILES string of the molecule is CC(C)S(=O)(=O)Nc1ccc(S(=O)(=O)N(C)C2CCNC2)cc1F. The van der Waals surface area contributed by atoms with Crippen LogP contribution < -0.4 is 10.0 Å². The van der Waals surface area contributed by atoms with Crippen LogP contribution in [0, 0.1) is 5.82 Å². The van der Waals surface area contributed by atoms with E-state index in [0.717, 1.165) is 18.7 Å². The Kier molecular flexibility index (Phi) is 5.53. The third kappa shape index (κ3) is 3.88. The van der Waals surface area contributed by atoms with Crippen molar-refractivity contribution in [3.63, 3.8) is 0 Å². The number of nitrogens with one attached hydrogen (secondary N) is 2. The number of rotatable bonds is 6. The highest BCUT2D eigenvalue weighted by Crippen LogP contribution is 2.24. The number of sulfonamides is 2. The van der Waals surface area contributed by atoms with Gasteiger partial charge in [0.05, 0.1) is 15.8 Å². The van der Waals surface area contributed by atoms with Gasteiger partial charge in [0.2, 0.25) is 20.0 Å². The fourth-order valence-corrected chi connectivity index (χ4v) is 4.43. The van der Waals surface area contributed by atoms with E-state index >= 15 is 0 Å². The first-order valence-electron chi connectivity index (χ1n) is 7.55. The summed E-state index contributed by atoms with van der Waals surface area (Å²) in [6.07, 6.45) is 0.685. The number of hydrogen-bond donors (Lipinski definition) is 2. The molecule has 0 spiro atoms. The van der Waals surface area contributed by atoms with Gasteiger partial charge in [0.1, 0.15) is 5.82 Å². The molecule has 24 heavy (non-hydrogen) atoms. The topological polar surface area (TPSA) is 95.6 Å². The van der Waals surface area contributed by atoms with Crippen LogP contribution >= 0.6 is 0 Å². The molecule has 0 amide bonds. The van der Waals surface area contributed by atoms with Crippen molar-refractivity contribution in [2.24, 2.45) is 0 Å². The molecule has 2 N–H and O–H groups in total. The molecule has 1 unspecified atom stereocenters. The maximum absolute atomic E-state index is 14.2. The van der Waals surface area contributed by atoms with Crippen LogP contribution in [0.2, 0.25) is 0 Å². The average Bonchev–Trinajstić information content (AvgIpc) is 3.02. The second kappa shape index (κ2) is 6.95. The van der Waals surface area contributed by atoms with Crippen molar-refractivity contribution in [3.8, 4) is 0 Å². The van der Waals surface area contributed by atoms with Gasteiger partial charge in [-0.15, -0.1) is 0 Å². The van der Waals surface area contributed by atoms with E-state index in [1.807, 2.05) is 0 Å². The Morgan fingerprint density at radius 2 is 1.96 bits per heavy atom. The number of benzene rings is 1. The zero-order chi connectivity index (χ0) is 18.1. The lowest BCUT2D eigenvalue weighted by atomic mass is 10.3. The maximum atomic E-state index is 14.2. The van der Waals surface area contributed by atoms with Crippen LogP contribution in [0.4, 0.5) is 10.1 Å². The predicted octanol–water partition coefficient (Wildman–Crippen LogP) is 0.958. The van der Waals surface area contributed by atoms with Crippen LogP contribution in [0.25, 0.3) is 0 Å². The summed E-state index contributed by atoms with van der Waals surface area (Å²) >= 11 is 0. The van der Waals surface area contributed by atoms with E-state index < -0.39 is 31.1 Å². The zero-order valence-electron chi connectivity index (χ0n) is 13.8. The number of nitrogens with zero attached hydrogens (tertiary/aromatic N) is 1. The molecular formula is C14H22FN3O4S2. The molecule has 1 fully saturated rings. The number of halogens is 1. The number of likely N-dealkylation sites (N-methyl/N-ethyl adjacent to an activating group) is 1. The highest BCUT2D eigenvalue weighted by atomic mass is 32.2. The molecule has 0 radical (unpaired) electrons. The Labute approximate surface area is 142 Å². The van der Waals surface area contributed by atoms with E-state index in [1.165, 1.54) is 31.3 Å². The molecule has 0 aromatic heterocycles. The Hall–Kier alpha value is -1.23. The second-order valence-electron chi connectivity index (χ2n) is 6.01. The monoisotopic (exact) mass is 379 g/mol. The van der Waals surface area contributed by atoms with E-state index in [0.29, 0.717) is 13.0 Å². The van der Waals surface area contributed by atoms with Crippen LogP contribution in [0.3, 0.4) is 0 Å². The van der Waals surface area contributed by atoms with Gasteiger partial charge in [-0.2, -0.15) is 4.31 Å². The fraction of sp³-hybridized carbons (Fsp3) is 0.571. The van der Waals surface area contributed by atoms with Crippen molar-refractivity contribution in [2.45, 2.75) is 36.5 Å². The van der Waals surface area contributed by atoms with Crippen molar-refractivity contribution in [2.75, 3.05) is 24.9 Å². The van der Waals surface area contributed by atoms with Gasteiger partial charge >= 0.3 is 0 Å². The van der Waals surface area contributed by atoms with Crippen molar-refractivity contribution >= 4 is 25.7 Å². The molecule has 2 rings (SSSR count). The third-order valence-corrected chi connectivity index (χ3v) is 7.69. The number of hydrogen-bond acceptors (Lipinski definition) is 5. The van der Waals surface area contributed by atoms with Gasteiger partial charge in [0.25, 0.3) is 0 Å². The van der Waals surface area contributed by atoms with Crippen LogP contribution in [-0.2, 0) is 20.0 Å². The molecule has 1 heterocycles. The Bertz CT molecular complexity index is 803. The van der Waals surface area contributed by atoms with E-state index in [1.54, 1.807) is 0 Å². The maximum Gasteiger partial charge on any atom is 0.243 e. The Morgan fingerprint density at radius 3 is 2.46 bits per heavy atom. The standard InChI is InChI=1S/C14H22FN3O4S2/c1-10(2)23(19,20)17-14-5-4-12(8-13(14)15)24(21,22)18(3)11-6-7-16-9-11/h4-5,8,10-11,16-17H,6-7,9H2,1-3H3. The molecule has 0 bridgehead atoms. The predicted molar refractivity (Wildman–Crippen MR) is 90.3 cm³/mol. The van der Waals surface area contributed by atoms with Crippen molar-refractivity contribution < 1.29 is 21.2 Å². The molecule has 1 saturated heterocycles. The molecule has 0 aliphatic carbocycles. The van der Waals surface area contributed by atoms with Gasteiger partial charge < -0.3 is 5.32 Å². The van der Waals surface area contributed by atoms with Gasteiger partial charge in [0.15, 0.2) is 0 Å². The molecule has 1 aliphatic heterocycles. The number of anilines is 1. The van der Waals surface area contributed by atoms with Crippen molar-refractivity contribution in [1.29, 1.82) is 0 Å². The van der Waals surface area contributed by atoms with Gasteiger partial charge in [-0.25, -0.2) is 21.2 Å². The van der Waals surface area contributed by atoms with E-state index in [4.69, 9.17) is 0 Å². The van der Waals surface area contributed by atoms with Crippen LogP contribution in [0.1, 0.15) is 20.3 Å². The van der Waals surface area contributed by atoms with E-state index in [2.05, 4.69) is 10.0 Å². The summed E-state index contributed by atoms with van der Waals surface area (Å²) in [6, 6.07) is 2.99. The molecule has 7 nitrogen and oxygen atoms in total. The van der Waals surface area contributed by atoms with Crippen LogP contribution in [0.5, 0.6) is 0 Å². The normalized spacial score (nSPS) is 19.2. The third-order valence-electron chi connectivity index (χ3n) is 4.04. The lowest BCUT2D eigenvalue weighted by Crippen LogP contribution is -2.38. The fourth-order valence-electron chi connectivity index (χ4n) is 2.32. The van der Waals surface area contributed by atoms with Crippen molar-refractivity contribution in [1.82, 2.24) is 9.62 Å². The zero-order valence-corrected chi connectivity index (χ0v) is 15.4. The van der Waals surface area contributed by atoms with Gasteiger partial charge in [-0.1, -0.05) is 0 Å². The lowest BCUT2D eigenvalue weighted by molar-refractivity contribution is 0.387. The minimum atomic E-state index is -3.85. The molecule has 136 valence electrons. The molecule has 1 atom stereocenters. The van der Waals surface area contributed by atoms with Crippen LogP contribution in [0.15, 0.2) is 23.1 Å². The summed E-state index contributed by atoms with van der Waals surface area (Å²) in [5.41, 5.74) is -0.271. The second-order valence-corrected chi connectivity index (χ2v) is 10.2. The first-order chi connectivity index (χ1) is 11.1. The summed E-state index contributed by atoms with van der Waals surface area (Å²) in [5, 5.41) is 2.34. The minimum absolute atomic E-state index is 0.183. The molecular weight excluding hydrogens is 357 g/mol. The first kappa shape index (κ1) is 19.1. The Balaban J connectivity index is 2.28. The highest BCUT2D eigenvalue weighted by Gasteiger charge is 2.30.